The summed E-state index contributed by atoms with van der Waals surface area (Å²) in [5.41, 5.74) is 6.25. The molecule has 0 aliphatic carbocycles. The van der Waals surface area contributed by atoms with Crippen LogP contribution in [-0.2, 0) is 0 Å². The molecule has 1 aromatic rings. The molecule has 1 aliphatic rings. The van der Waals surface area contributed by atoms with Gasteiger partial charge in [0.25, 0.3) is 11.8 Å². The molecule has 5 heteroatoms. The van der Waals surface area contributed by atoms with Crippen LogP contribution in [0.2, 0.25) is 0 Å². The van der Waals surface area contributed by atoms with Crippen LogP contribution in [0.1, 0.15) is 41.0 Å². The fourth-order valence-corrected chi connectivity index (χ4v) is 1.96. The van der Waals surface area contributed by atoms with E-state index in [0.717, 1.165) is 0 Å². The number of benzene rings is 1. The number of amides is 2. The third-order valence-corrected chi connectivity index (χ3v) is 3.26. The first-order valence-electron chi connectivity index (χ1n) is 6.03. The SMILES string of the molecule is CC(C)(C#N)CCN1C(=O)c2ccc(N)cc2C1=O. The van der Waals surface area contributed by atoms with E-state index in [0.29, 0.717) is 23.2 Å². The van der Waals surface area contributed by atoms with E-state index >= 15 is 0 Å². The smallest absolute Gasteiger partial charge is 0.261 e. The summed E-state index contributed by atoms with van der Waals surface area (Å²) in [4.78, 5) is 25.4. The van der Waals surface area contributed by atoms with Gasteiger partial charge in [-0.05, 0) is 38.5 Å². The van der Waals surface area contributed by atoms with Crippen LogP contribution in [0, 0.1) is 16.7 Å². The molecule has 0 atom stereocenters. The van der Waals surface area contributed by atoms with Gasteiger partial charge < -0.3 is 5.73 Å². The Kier molecular flexibility index (Phi) is 3.03. The van der Waals surface area contributed by atoms with E-state index in [9.17, 15) is 9.59 Å². The van der Waals surface area contributed by atoms with Gasteiger partial charge >= 0.3 is 0 Å². The van der Waals surface area contributed by atoms with Crippen LogP contribution in [0.15, 0.2) is 18.2 Å². The van der Waals surface area contributed by atoms with Gasteiger partial charge in [-0.3, -0.25) is 14.5 Å². The van der Waals surface area contributed by atoms with Gasteiger partial charge in [0.1, 0.15) is 0 Å². The first-order chi connectivity index (χ1) is 8.85. The van der Waals surface area contributed by atoms with E-state index in [1.807, 2.05) is 0 Å². The molecule has 0 saturated carbocycles. The van der Waals surface area contributed by atoms with Crippen molar-refractivity contribution in [2.75, 3.05) is 12.3 Å². The average molecular weight is 257 g/mol. The highest BCUT2D eigenvalue weighted by Gasteiger charge is 2.36. The Balaban J connectivity index is 2.22. The lowest BCUT2D eigenvalue weighted by Gasteiger charge is -2.19. The molecule has 0 unspecified atom stereocenters. The molecule has 19 heavy (non-hydrogen) atoms. The summed E-state index contributed by atoms with van der Waals surface area (Å²) in [6.45, 7) is 3.80. The number of carbonyl (C=O) groups is 2. The van der Waals surface area contributed by atoms with Crippen molar-refractivity contribution in [3.8, 4) is 6.07 Å². The van der Waals surface area contributed by atoms with Gasteiger partial charge in [-0.2, -0.15) is 5.26 Å². The van der Waals surface area contributed by atoms with Gasteiger partial charge in [0.2, 0.25) is 0 Å². The molecule has 0 aromatic heterocycles. The maximum Gasteiger partial charge on any atom is 0.261 e. The lowest BCUT2D eigenvalue weighted by atomic mass is 9.91. The number of hydrogen-bond acceptors (Lipinski definition) is 4. The van der Waals surface area contributed by atoms with Crippen molar-refractivity contribution < 1.29 is 9.59 Å². The molecule has 2 rings (SSSR count). The Bertz CT molecular complexity index is 599. The van der Waals surface area contributed by atoms with Gasteiger partial charge in [-0.15, -0.1) is 0 Å². The van der Waals surface area contributed by atoms with Crippen LogP contribution in [0.5, 0.6) is 0 Å². The largest absolute Gasteiger partial charge is 0.399 e. The van der Waals surface area contributed by atoms with E-state index in [-0.39, 0.29) is 18.4 Å². The van der Waals surface area contributed by atoms with Gasteiger partial charge in [0.15, 0.2) is 0 Å². The highest BCUT2D eigenvalue weighted by Crippen LogP contribution is 2.27. The summed E-state index contributed by atoms with van der Waals surface area (Å²) in [7, 11) is 0. The standard InChI is InChI=1S/C14H15N3O2/c1-14(2,8-15)5-6-17-12(18)10-4-3-9(16)7-11(10)13(17)19/h3-4,7H,5-6,16H2,1-2H3. The second-order valence-corrected chi connectivity index (χ2v) is 5.31. The average Bonchev–Trinajstić information content (AvgIpc) is 2.60. The topological polar surface area (TPSA) is 87.2 Å². The van der Waals surface area contributed by atoms with Gasteiger partial charge in [0, 0.05) is 12.2 Å². The lowest BCUT2D eigenvalue weighted by molar-refractivity contribution is 0.0642. The number of imide groups is 1. The monoisotopic (exact) mass is 257 g/mol. The van der Waals surface area contributed by atoms with Crippen molar-refractivity contribution in [2.45, 2.75) is 20.3 Å². The second-order valence-electron chi connectivity index (χ2n) is 5.31. The lowest BCUT2D eigenvalue weighted by Crippen LogP contribution is -2.33. The molecule has 2 amide bonds. The van der Waals surface area contributed by atoms with Crippen molar-refractivity contribution in [3.63, 3.8) is 0 Å². The predicted molar refractivity (Wildman–Crippen MR) is 70.2 cm³/mol. The van der Waals surface area contributed by atoms with Crippen LogP contribution in [-0.4, -0.2) is 23.3 Å². The van der Waals surface area contributed by atoms with Gasteiger partial charge in [0.05, 0.1) is 22.6 Å². The van der Waals surface area contributed by atoms with Crippen molar-refractivity contribution in [1.82, 2.24) is 4.90 Å². The number of rotatable bonds is 3. The first-order valence-corrected chi connectivity index (χ1v) is 6.03. The quantitative estimate of drug-likeness (QED) is 0.660. The summed E-state index contributed by atoms with van der Waals surface area (Å²) in [5.74, 6) is -0.644. The minimum absolute atomic E-state index is 0.243. The van der Waals surface area contributed by atoms with Gasteiger partial charge in [-0.1, -0.05) is 0 Å². The summed E-state index contributed by atoms with van der Waals surface area (Å²) in [6, 6.07) is 6.85. The molecular weight excluding hydrogens is 242 g/mol. The minimum atomic E-state index is -0.561. The molecule has 0 saturated heterocycles. The highest BCUT2D eigenvalue weighted by molar-refractivity contribution is 6.21. The fraction of sp³-hybridized carbons (Fsp3) is 0.357. The maximum atomic E-state index is 12.1. The Labute approximate surface area is 111 Å². The van der Waals surface area contributed by atoms with E-state index in [2.05, 4.69) is 6.07 Å². The molecule has 1 aliphatic heterocycles. The molecule has 1 aromatic carbocycles. The fourth-order valence-electron chi connectivity index (χ4n) is 1.96. The second kappa shape index (κ2) is 4.39. The number of nitrogens with zero attached hydrogens (tertiary/aromatic N) is 2. The molecule has 1 heterocycles. The van der Waals surface area contributed by atoms with Crippen molar-refractivity contribution in [2.24, 2.45) is 5.41 Å². The molecule has 98 valence electrons. The zero-order valence-electron chi connectivity index (χ0n) is 10.9. The van der Waals surface area contributed by atoms with Crippen molar-refractivity contribution in [3.05, 3.63) is 29.3 Å². The molecule has 2 N–H and O–H groups in total. The van der Waals surface area contributed by atoms with Crippen LogP contribution in [0.4, 0.5) is 5.69 Å². The predicted octanol–water partition coefficient (Wildman–Crippen LogP) is 1.80. The van der Waals surface area contributed by atoms with E-state index < -0.39 is 5.41 Å². The normalized spacial score (nSPS) is 14.5. The van der Waals surface area contributed by atoms with E-state index in [4.69, 9.17) is 11.0 Å². The van der Waals surface area contributed by atoms with Crippen LogP contribution in [0.3, 0.4) is 0 Å². The third-order valence-electron chi connectivity index (χ3n) is 3.26. The zero-order valence-corrected chi connectivity index (χ0v) is 10.9. The number of nitrogens with two attached hydrogens (primary N) is 1. The number of nitrogen functional groups attached to an aromatic ring is 1. The van der Waals surface area contributed by atoms with Crippen molar-refractivity contribution in [1.29, 1.82) is 5.26 Å². The van der Waals surface area contributed by atoms with E-state index in [1.165, 1.54) is 11.0 Å². The summed E-state index contributed by atoms with van der Waals surface area (Å²) in [5, 5.41) is 8.95. The Morgan fingerprint density at radius 3 is 2.53 bits per heavy atom. The number of nitriles is 1. The molecule has 0 fully saturated rings. The molecule has 5 nitrogen and oxygen atoms in total. The number of anilines is 1. The summed E-state index contributed by atoms with van der Waals surface area (Å²) < 4.78 is 0. The van der Waals surface area contributed by atoms with Crippen LogP contribution in [0.25, 0.3) is 0 Å². The summed E-state index contributed by atoms with van der Waals surface area (Å²) in [6.07, 6.45) is 0.449. The Hall–Kier alpha value is -2.35. The first kappa shape index (κ1) is 13.1. The maximum absolute atomic E-state index is 12.1. The van der Waals surface area contributed by atoms with Gasteiger partial charge in [-0.25, -0.2) is 0 Å². The van der Waals surface area contributed by atoms with Crippen LogP contribution < -0.4 is 5.73 Å². The highest BCUT2D eigenvalue weighted by atomic mass is 16.2. The molecule has 0 radical (unpaired) electrons. The summed E-state index contributed by atoms with van der Waals surface area (Å²) >= 11 is 0. The minimum Gasteiger partial charge on any atom is -0.399 e. The Morgan fingerprint density at radius 2 is 1.89 bits per heavy atom. The number of fused-ring (bicyclic) bond motifs is 1. The zero-order chi connectivity index (χ0) is 14.2. The molecule has 0 spiro atoms. The van der Waals surface area contributed by atoms with Crippen LogP contribution >= 0.6 is 0 Å². The molecule has 0 bridgehead atoms. The third kappa shape index (κ3) is 2.29. The van der Waals surface area contributed by atoms with E-state index in [1.54, 1.807) is 26.0 Å². The molecular formula is C14H15N3O2. The van der Waals surface area contributed by atoms with Crippen molar-refractivity contribution >= 4 is 17.5 Å². The number of carbonyl (C=O) groups excluding carboxylic acids is 2. The number of hydrogen-bond donors (Lipinski definition) is 1. The Morgan fingerprint density at radius 1 is 1.26 bits per heavy atom.